The van der Waals surface area contributed by atoms with Crippen molar-refractivity contribution in [3.8, 4) is 0 Å². The van der Waals surface area contributed by atoms with Crippen molar-refractivity contribution in [3.63, 3.8) is 0 Å². The van der Waals surface area contributed by atoms with Crippen molar-refractivity contribution >= 4 is 0 Å². The van der Waals surface area contributed by atoms with Crippen LogP contribution in [0.1, 0.15) is 79.1 Å². The fourth-order valence-electron chi connectivity index (χ4n) is 1.68. The van der Waals surface area contributed by atoms with Crippen LogP contribution >= 0.6 is 0 Å². The van der Waals surface area contributed by atoms with E-state index in [1.165, 1.54) is 38.5 Å². The molecule has 0 aromatic heterocycles. The van der Waals surface area contributed by atoms with E-state index in [9.17, 15) is 0 Å². The number of rotatable bonds is 10. The highest BCUT2D eigenvalue weighted by Crippen LogP contribution is 2.07. The van der Waals surface area contributed by atoms with Gasteiger partial charge < -0.3 is 10.2 Å². The Balaban J connectivity index is 0. The summed E-state index contributed by atoms with van der Waals surface area (Å²) in [7, 11) is 0. The summed E-state index contributed by atoms with van der Waals surface area (Å²) in [6.45, 7) is 9.66. The van der Waals surface area contributed by atoms with Crippen LogP contribution in [0.4, 0.5) is 0 Å². The van der Waals surface area contributed by atoms with Crippen molar-refractivity contribution in [2.45, 2.75) is 79.1 Å². The minimum absolute atomic E-state index is 0.359. The maximum Gasteiger partial charge on any atom is 0.0431 e. The first-order valence-corrected chi connectivity index (χ1v) is 7.76. The molecule has 0 spiro atoms. The zero-order valence-electron chi connectivity index (χ0n) is 13.1. The van der Waals surface area contributed by atoms with Gasteiger partial charge in [0, 0.05) is 13.2 Å². The first kappa shape index (κ1) is 20.2. The van der Waals surface area contributed by atoms with Gasteiger partial charge in [-0.1, -0.05) is 66.2 Å². The number of hydrogen-bond acceptors (Lipinski definition) is 2. The number of aliphatic hydroxyl groups is 2. The van der Waals surface area contributed by atoms with E-state index in [0.717, 1.165) is 24.7 Å². The Morgan fingerprint density at radius 2 is 0.889 bits per heavy atom. The predicted molar refractivity (Wildman–Crippen MR) is 80.8 cm³/mol. The van der Waals surface area contributed by atoms with Gasteiger partial charge in [0.15, 0.2) is 0 Å². The molecule has 2 heteroatoms. The Kier molecular flexibility index (Phi) is 19.0. The smallest absolute Gasteiger partial charge is 0.0431 e. The van der Waals surface area contributed by atoms with E-state index < -0.39 is 0 Å². The van der Waals surface area contributed by atoms with Crippen LogP contribution in [-0.4, -0.2) is 23.4 Å². The highest BCUT2D eigenvalue weighted by molar-refractivity contribution is 4.46. The summed E-state index contributed by atoms with van der Waals surface area (Å²) in [6, 6.07) is 0. The van der Waals surface area contributed by atoms with E-state index in [4.69, 9.17) is 10.2 Å². The summed E-state index contributed by atoms with van der Waals surface area (Å²) < 4.78 is 0. The zero-order chi connectivity index (χ0) is 14.2. The summed E-state index contributed by atoms with van der Waals surface area (Å²) in [5.74, 6) is 1.65. The molecule has 0 heterocycles. The zero-order valence-corrected chi connectivity index (χ0v) is 13.1. The fourth-order valence-corrected chi connectivity index (χ4v) is 1.68. The Hall–Kier alpha value is -0.0800. The highest BCUT2D eigenvalue weighted by atomic mass is 16.3. The molecule has 0 unspecified atom stereocenters. The standard InChI is InChI=1S/2C8H18O/c2*1-8(2)6-4-3-5-7-9/h2*8-9H,3-7H2,1-2H3. The predicted octanol–water partition coefficient (Wildman–Crippen LogP) is 4.39. The molecule has 0 atom stereocenters. The van der Waals surface area contributed by atoms with E-state index in [-0.39, 0.29) is 0 Å². The Bertz CT molecular complexity index is 117. The summed E-state index contributed by atoms with van der Waals surface area (Å²) in [6.07, 6.45) is 9.50. The van der Waals surface area contributed by atoms with Crippen LogP contribution in [0.25, 0.3) is 0 Å². The highest BCUT2D eigenvalue weighted by Gasteiger charge is 1.92. The van der Waals surface area contributed by atoms with Crippen molar-refractivity contribution in [1.82, 2.24) is 0 Å². The molecule has 0 rings (SSSR count). The maximum atomic E-state index is 8.43. The molecule has 0 aliphatic rings. The largest absolute Gasteiger partial charge is 0.396 e. The second-order valence-corrected chi connectivity index (χ2v) is 5.93. The van der Waals surface area contributed by atoms with Gasteiger partial charge in [-0.2, -0.15) is 0 Å². The van der Waals surface area contributed by atoms with Crippen molar-refractivity contribution in [3.05, 3.63) is 0 Å². The SMILES string of the molecule is CC(C)CCCCCO.CC(C)CCCCCO. The lowest BCUT2D eigenvalue weighted by molar-refractivity contribution is 0.281. The molecule has 0 bridgehead atoms. The minimum atomic E-state index is 0.359. The normalized spacial score (nSPS) is 10.7. The molecule has 0 aromatic rings. The van der Waals surface area contributed by atoms with Gasteiger partial charge in [-0.15, -0.1) is 0 Å². The topological polar surface area (TPSA) is 40.5 Å². The van der Waals surface area contributed by atoms with E-state index >= 15 is 0 Å². The summed E-state index contributed by atoms with van der Waals surface area (Å²) in [5, 5.41) is 16.9. The second kappa shape index (κ2) is 16.9. The third-order valence-corrected chi connectivity index (χ3v) is 2.88. The molecular formula is C16H36O2. The van der Waals surface area contributed by atoms with Crippen molar-refractivity contribution in [2.75, 3.05) is 13.2 Å². The number of unbranched alkanes of at least 4 members (excludes halogenated alkanes) is 4. The number of hydrogen-bond donors (Lipinski definition) is 2. The van der Waals surface area contributed by atoms with E-state index in [1.807, 2.05) is 0 Å². The Morgan fingerprint density at radius 3 is 1.11 bits per heavy atom. The van der Waals surface area contributed by atoms with Crippen LogP contribution in [0, 0.1) is 11.8 Å². The van der Waals surface area contributed by atoms with Gasteiger partial charge in [0.2, 0.25) is 0 Å². The summed E-state index contributed by atoms with van der Waals surface area (Å²) in [5.41, 5.74) is 0. The van der Waals surface area contributed by atoms with Crippen LogP contribution in [0.2, 0.25) is 0 Å². The monoisotopic (exact) mass is 260 g/mol. The van der Waals surface area contributed by atoms with Gasteiger partial charge in [-0.3, -0.25) is 0 Å². The van der Waals surface area contributed by atoms with Gasteiger partial charge in [0.25, 0.3) is 0 Å². The molecule has 0 fully saturated rings. The quantitative estimate of drug-likeness (QED) is 0.572. The molecule has 0 aliphatic carbocycles. The minimum Gasteiger partial charge on any atom is -0.396 e. The van der Waals surface area contributed by atoms with Crippen molar-refractivity contribution in [2.24, 2.45) is 11.8 Å². The average Bonchev–Trinajstić information content (AvgIpc) is 2.31. The second-order valence-electron chi connectivity index (χ2n) is 5.93. The third kappa shape index (κ3) is 24.9. The number of aliphatic hydroxyl groups excluding tert-OH is 2. The molecular weight excluding hydrogens is 224 g/mol. The Labute approximate surface area is 115 Å². The van der Waals surface area contributed by atoms with Gasteiger partial charge in [0.05, 0.1) is 0 Å². The molecule has 0 amide bonds. The molecule has 2 N–H and O–H groups in total. The lowest BCUT2D eigenvalue weighted by atomic mass is 10.1. The molecule has 0 saturated heterocycles. The first-order valence-electron chi connectivity index (χ1n) is 7.76. The van der Waals surface area contributed by atoms with Crippen LogP contribution < -0.4 is 0 Å². The molecule has 0 saturated carbocycles. The molecule has 18 heavy (non-hydrogen) atoms. The van der Waals surface area contributed by atoms with E-state index in [0.29, 0.717) is 13.2 Å². The van der Waals surface area contributed by atoms with Gasteiger partial charge in [-0.25, -0.2) is 0 Å². The van der Waals surface area contributed by atoms with Crippen LogP contribution in [-0.2, 0) is 0 Å². The average molecular weight is 260 g/mol. The van der Waals surface area contributed by atoms with Crippen LogP contribution in [0.15, 0.2) is 0 Å². The van der Waals surface area contributed by atoms with Crippen LogP contribution in [0.3, 0.4) is 0 Å². The molecule has 2 nitrogen and oxygen atoms in total. The van der Waals surface area contributed by atoms with Gasteiger partial charge >= 0.3 is 0 Å². The fraction of sp³-hybridized carbons (Fsp3) is 1.00. The Morgan fingerprint density at radius 1 is 0.556 bits per heavy atom. The molecule has 112 valence electrons. The van der Waals surface area contributed by atoms with E-state index in [2.05, 4.69) is 27.7 Å². The molecule has 0 aromatic carbocycles. The van der Waals surface area contributed by atoms with Gasteiger partial charge in [0.1, 0.15) is 0 Å². The lowest BCUT2D eigenvalue weighted by Gasteiger charge is -2.01. The maximum absolute atomic E-state index is 8.43. The van der Waals surface area contributed by atoms with Crippen LogP contribution in [0.5, 0.6) is 0 Å². The van der Waals surface area contributed by atoms with E-state index in [1.54, 1.807) is 0 Å². The van der Waals surface area contributed by atoms with Crippen molar-refractivity contribution < 1.29 is 10.2 Å². The molecule has 0 radical (unpaired) electrons. The third-order valence-electron chi connectivity index (χ3n) is 2.88. The lowest BCUT2D eigenvalue weighted by Crippen LogP contribution is -1.88. The molecule has 0 aliphatic heterocycles. The summed E-state index contributed by atoms with van der Waals surface area (Å²) in [4.78, 5) is 0. The first-order chi connectivity index (χ1) is 8.54. The summed E-state index contributed by atoms with van der Waals surface area (Å²) >= 11 is 0. The van der Waals surface area contributed by atoms with Crippen molar-refractivity contribution in [1.29, 1.82) is 0 Å². The van der Waals surface area contributed by atoms with Gasteiger partial charge in [-0.05, 0) is 24.7 Å².